The van der Waals surface area contributed by atoms with Crippen LogP contribution in [0.1, 0.15) is 37.0 Å². The molecule has 190 valence electrons. The average molecular weight is 502 g/mol. The molecule has 2 aliphatic rings. The van der Waals surface area contributed by atoms with Gasteiger partial charge in [0.2, 0.25) is 0 Å². The second-order valence-electron chi connectivity index (χ2n) is 9.89. The van der Waals surface area contributed by atoms with E-state index in [0.29, 0.717) is 13.1 Å². The number of para-hydroxylation sites is 1. The zero-order valence-corrected chi connectivity index (χ0v) is 21.4. The van der Waals surface area contributed by atoms with E-state index < -0.39 is 10.0 Å². The molecule has 1 fully saturated rings. The number of carbonyl (C=O) groups is 1. The highest BCUT2D eigenvalue weighted by Gasteiger charge is 2.35. The third kappa shape index (κ3) is 5.97. The van der Waals surface area contributed by atoms with Gasteiger partial charge in [0, 0.05) is 25.6 Å². The quantitative estimate of drug-likeness (QED) is 0.548. The number of likely N-dealkylation sites (N-methyl/N-ethyl adjacent to an activating group) is 1. The molecular weight excluding hydrogens is 466 g/mol. The topological polar surface area (TPSA) is 99.2 Å². The number of hydrogen-bond acceptors (Lipinski definition) is 6. The van der Waals surface area contributed by atoms with Gasteiger partial charge >= 0.3 is 0 Å². The summed E-state index contributed by atoms with van der Waals surface area (Å²) < 4.78 is 35.3. The Morgan fingerprint density at radius 2 is 1.86 bits per heavy atom. The van der Waals surface area contributed by atoms with Gasteiger partial charge in [-0.2, -0.15) is 0 Å². The minimum atomic E-state index is -3.89. The summed E-state index contributed by atoms with van der Waals surface area (Å²) in [6.45, 7) is 5.73. The van der Waals surface area contributed by atoms with E-state index in [9.17, 15) is 18.3 Å². The lowest BCUT2D eigenvalue weighted by molar-refractivity contribution is 0.0346. The van der Waals surface area contributed by atoms with Crippen molar-refractivity contribution in [3.63, 3.8) is 0 Å². The molecule has 1 aliphatic heterocycles. The molecule has 8 nitrogen and oxygen atoms in total. The van der Waals surface area contributed by atoms with Crippen LogP contribution < -0.4 is 9.46 Å². The molecule has 0 aromatic heterocycles. The number of fused-ring (bicyclic) bond motifs is 1. The van der Waals surface area contributed by atoms with Crippen molar-refractivity contribution in [2.45, 2.75) is 43.7 Å². The normalized spacial score (nSPS) is 21.6. The molecule has 1 amide bonds. The van der Waals surface area contributed by atoms with Crippen LogP contribution in [0.5, 0.6) is 5.75 Å². The number of ether oxygens (including phenoxy) is 1. The number of hydrogen-bond donors (Lipinski definition) is 2. The average Bonchev–Trinajstić information content (AvgIpc) is 3.65. The smallest absolute Gasteiger partial charge is 0.262 e. The van der Waals surface area contributed by atoms with Crippen LogP contribution in [0.2, 0.25) is 0 Å². The summed E-state index contributed by atoms with van der Waals surface area (Å²) in [5.41, 5.74) is 0.501. The maximum Gasteiger partial charge on any atom is 0.262 e. The van der Waals surface area contributed by atoms with Gasteiger partial charge in [-0.3, -0.25) is 9.52 Å². The van der Waals surface area contributed by atoms with E-state index in [-0.39, 0.29) is 52.5 Å². The molecule has 1 aliphatic carbocycles. The molecule has 0 bridgehead atoms. The Balaban J connectivity index is 1.72. The van der Waals surface area contributed by atoms with Gasteiger partial charge in [-0.1, -0.05) is 31.2 Å². The predicted molar refractivity (Wildman–Crippen MR) is 135 cm³/mol. The van der Waals surface area contributed by atoms with E-state index in [1.54, 1.807) is 41.3 Å². The number of carbonyl (C=O) groups excluding carboxylic acids is 1. The van der Waals surface area contributed by atoms with Gasteiger partial charge in [0.05, 0.1) is 28.8 Å². The van der Waals surface area contributed by atoms with Crippen LogP contribution >= 0.6 is 0 Å². The predicted octanol–water partition coefficient (Wildman–Crippen LogP) is 3.05. The number of aliphatic hydroxyl groups excluding tert-OH is 1. The van der Waals surface area contributed by atoms with Gasteiger partial charge in [0.15, 0.2) is 5.75 Å². The van der Waals surface area contributed by atoms with Crippen LogP contribution in [0, 0.1) is 11.8 Å². The van der Waals surface area contributed by atoms with Crippen molar-refractivity contribution >= 4 is 21.6 Å². The van der Waals surface area contributed by atoms with E-state index >= 15 is 0 Å². The molecular formula is C26H35N3O5S. The fourth-order valence-corrected chi connectivity index (χ4v) is 5.55. The van der Waals surface area contributed by atoms with E-state index in [0.717, 1.165) is 12.5 Å². The van der Waals surface area contributed by atoms with Gasteiger partial charge in [-0.25, -0.2) is 8.42 Å². The molecule has 2 aromatic carbocycles. The number of anilines is 1. The number of aliphatic hydroxyl groups is 1. The third-order valence-electron chi connectivity index (χ3n) is 6.75. The van der Waals surface area contributed by atoms with E-state index in [4.69, 9.17) is 4.74 Å². The summed E-state index contributed by atoms with van der Waals surface area (Å²) in [4.78, 5) is 17.6. The van der Waals surface area contributed by atoms with Crippen LogP contribution in [0.4, 0.5) is 5.69 Å². The first-order chi connectivity index (χ1) is 16.7. The van der Waals surface area contributed by atoms with E-state index in [1.165, 1.54) is 25.0 Å². The van der Waals surface area contributed by atoms with Crippen LogP contribution in [-0.4, -0.2) is 74.7 Å². The summed E-state index contributed by atoms with van der Waals surface area (Å²) in [6, 6.07) is 12.6. The second kappa shape index (κ2) is 10.6. The fourth-order valence-electron chi connectivity index (χ4n) is 4.47. The van der Waals surface area contributed by atoms with Gasteiger partial charge in [-0.05, 0) is 57.0 Å². The summed E-state index contributed by atoms with van der Waals surface area (Å²) in [5.74, 6) is 0.612. The summed E-state index contributed by atoms with van der Waals surface area (Å²) in [5, 5.41) is 9.83. The standard InChI is InChI=1S/C26H35N3O5S/c1-18-14-29(19(2)17-30)26(31)22-10-7-11-23(27-35(32,33)21-8-5-4-6-9-21)25(22)34-24(18)16-28(3)15-20-12-13-20/h4-11,18-20,24,27,30H,12-17H2,1-3H3/t18-,19+,24+/m0/s1. The lowest BCUT2D eigenvalue weighted by Gasteiger charge is -2.38. The van der Waals surface area contributed by atoms with Crippen molar-refractivity contribution in [1.29, 1.82) is 0 Å². The van der Waals surface area contributed by atoms with Gasteiger partial charge in [0.1, 0.15) is 6.10 Å². The Kier molecular flexibility index (Phi) is 7.68. The van der Waals surface area contributed by atoms with Crippen molar-refractivity contribution in [2.24, 2.45) is 11.8 Å². The van der Waals surface area contributed by atoms with Gasteiger partial charge < -0.3 is 19.6 Å². The molecule has 4 rings (SSSR count). The summed E-state index contributed by atoms with van der Waals surface area (Å²) in [7, 11) is -1.82. The maximum absolute atomic E-state index is 13.6. The molecule has 35 heavy (non-hydrogen) atoms. The van der Waals surface area contributed by atoms with Crippen LogP contribution in [0.15, 0.2) is 53.4 Å². The summed E-state index contributed by atoms with van der Waals surface area (Å²) >= 11 is 0. The molecule has 0 spiro atoms. The van der Waals surface area contributed by atoms with Crippen molar-refractivity contribution in [2.75, 3.05) is 38.0 Å². The van der Waals surface area contributed by atoms with Crippen LogP contribution in [-0.2, 0) is 10.0 Å². The largest absolute Gasteiger partial charge is 0.486 e. The van der Waals surface area contributed by atoms with Crippen LogP contribution in [0.25, 0.3) is 0 Å². The highest BCUT2D eigenvalue weighted by molar-refractivity contribution is 7.92. The monoisotopic (exact) mass is 501 g/mol. The first kappa shape index (κ1) is 25.5. The Labute approximate surface area is 207 Å². The molecule has 2 N–H and O–H groups in total. The number of nitrogens with one attached hydrogen (secondary N) is 1. The van der Waals surface area contributed by atoms with Gasteiger partial charge in [-0.15, -0.1) is 0 Å². The first-order valence-electron chi connectivity index (χ1n) is 12.2. The minimum Gasteiger partial charge on any atom is -0.486 e. The Morgan fingerprint density at radius 1 is 1.14 bits per heavy atom. The van der Waals surface area contributed by atoms with E-state index in [2.05, 4.69) is 16.7 Å². The zero-order chi connectivity index (χ0) is 25.2. The molecule has 1 saturated carbocycles. The van der Waals surface area contributed by atoms with Crippen molar-refractivity contribution in [3.8, 4) is 5.75 Å². The zero-order valence-electron chi connectivity index (χ0n) is 20.6. The first-order valence-corrected chi connectivity index (χ1v) is 13.7. The molecule has 2 aromatic rings. The lowest BCUT2D eigenvalue weighted by atomic mass is 9.99. The number of benzene rings is 2. The molecule has 3 atom stereocenters. The Morgan fingerprint density at radius 3 is 2.51 bits per heavy atom. The second-order valence-corrected chi connectivity index (χ2v) is 11.6. The van der Waals surface area contributed by atoms with Gasteiger partial charge in [0.25, 0.3) is 15.9 Å². The SMILES string of the molecule is C[C@H](CO)N1C[C@H](C)[C@@H](CN(C)CC2CC2)Oc2c(NS(=O)(=O)c3ccccc3)cccc2C1=O. The number of sulfonamides is 1. The molecule has 0 radical (unpaired) electrons. The Hall–Kier alpha value is -2.62. The molecule has 0 unspecified atom stereocenters. The van der Waals surface area contributed by atoms with Crippen LogP contribution in [0.3, 0.4) is 0 Å². The molecule has 0 saturated heterocycles. The van der Waals surface area contributed by atoms with E-state index in [1.807, 2.05) is 13.8 Å². The highest BCUT2D eigenvalue weighted by Crippen LogP contribution is 2.36. The fraction of sp³-hybridized carbons (Fsp3) is 0.500. The molecule has 9 heteroatoms. The maximum atomic E-state index is 13.6. The highest BCUT2D eigenvalue weighted by atomic mass is 32.2. The van der Waals surface area contributed by atoms with Crippen molar-refractivity contribution in [1.82, 2.24) is 9.80 Å². The Bertz CT molecular complexity index is 1140. The van der Waals surface area contributed by atoms with Crippen molar-refractivity contribution < 1.29 is 23.1 Å². The van der Waals surface area contributed by atoms with Crippen molar-refractivity contribution in [3.05, 3.63) is 54.1 Å². The minimum absolute atomic E-state index is 0.0402. The third-order valence-corrected chi connectivity index (χ3v) is 8.13. The number of amides is 1. The lowest BCUT2D eigenvalue weighted by Crippen LogP contribution is -2.50. The summed E-state index contributed by atoms with van der Waals surface area (Å²) in [6.07, 6.45) is 2.22. The molecule has 1 heterocycles. The number of nitrogens with zero attached hydrogens (tertiary/aromatic N) is 2. The number of rotatable bonds is 9.